The highest BCUT2D eigenvalue weighted by molar-refractivity contribution is 5.78. The van der Waals surface area contributed by atoms with Crippen LogP contribution in [0.1, 0.15) is 41.0 Å². The number of amides is 1. The average Bonchev–Trinajstić information content (AvgIpc) is 2.24. The van der Waals surface area contributed by atoms with Crippen LogP contribution < -0.4 is 5.32 Å². The molecule has 0 unspecified atom stereocenters. The number of carbonyl (C=O) groups excluding carboxylic acids is 1. The fraction of sp³-hybridized carbons (Fsp3) is 0.933. The van der Waals surface area contributed by atoms with Crippen molar-refractivity contribution in [1.82, 2.24) is 15.1 Å². The van der Waals surface area contributed by atoms with Gasteiger partial charge in [0, 0.05) is 31.7 Å². The molecule has 0 aromatic carbocycles. The Bertz CT molecular complexity index is 299. The van der Waals surface area contributed by atoms with E-state index < -0.39 is 0 Å². The van der Waals surface area contributed by atoms with Crippen LogP contribution in [-0.4, -0.2) is 61.0 Å². The Hall–Kier alpha value is -0.610. The summed E-state index contributed by atoms with van der Waals surface area (Å²) in [7, 11) is 2.10. The third-order valence-corrected chi connectivity index (χ3v) is 3.55. The van der Waals surface area contributed by atoms with E-state index in [1.165, 1.54) is 0 Å². The van der Waals surface area contributed by atoms with E-state index >= 15 is 0 Å². The van der Waals surface area contributed by atoms with E-state index in [4.69, 9.17) is 0 Å². The molecule has 1 aliphatic heterocycles. The number of piperazine rings is 1. The maximum absolute atomic E-state index is 12.2. The molecule has 19 heavy (non-hydrogen) atoms. The van der Waals surface area contributed by atoms with Crippen LogP contribution in [0.3, 0.4) is 0 Å². The second-order valence-electron chi connectivity index (χ2n) is 7.66. The van der Waals surface area contributed by atoms with Gasteiger partial charge in [-0.3, -0.25) is 4.79 Å². The Labute approximate surface area is 118 Å². The molecule has 0 bridgehead atoms. The summed E-state index contributed by atoms with van der Waals surface area (Å²) in [6.45, 7) is 15.2. The van der Waals surface area contributed by atoms with Gasteiger partial charge in [0.2, 0.25) is 5.91 Å². The highest BCUT2D eigenvalue weighted by Gasteiger charge is 2.26. The zero-order chi connectivity index (χ0) is 14.7. The van der Waals surface area contributed by atoms with Crippen LogP contribution in [0.2, 0.25) is 0 Å². The SMILES string of the molecule is CN1CCN(C(=O)CNC(C)(C)CC(C)(C)C)CC1. The molecule has 1 aliphatic rings. The minimum absolute atomic E-state index is 0.000485. The third kappa shape index (κ3) is 6.39. The number of hydrogen-bond acceptors (Lipinski definition) is 3. The van der Waals surface area contributed by atoms with Gasteiger partial charge in [0.1, 0.15) is 0 Å². The molecular formula is C15H31N3O. The molecule has 112 valence electrons. The molecule has 1 amide bonds. The fourth-order valence-corrected chi connectivity index (χ4v) is 2.87. The molecule has 0 radical (unpaired) electrons. The number of rotatable bonds is 4. The van der Waals surface area contributed by atoms with Crippen molar-refractivity contribution < 1.29 is 4.79 Å². The van der Waals surface area contributed by atoms with Crippen LogP contribution in [0.4, 0.5) is 0 Å². The van der Waals surface area contributed by atoms with Gasteiger partial charge in [0.25, 0.3) is 0 Å². The van der Waals surface area contributed by atoms with Crippen molar-refractivity contribution in [3.8, 4) is 0 Å². The standard InChI is InChI=1S/C15H31N3O/c1-14(2,3)12-15(4,5)16-11-13(19)18-9-7-17(6)8-10-18/h16H,7-12H2,1-6H3. The monoisotopic (exact) mass is 269 g/mol. The maximum atomic E-state index is 12.2. The predicted molar refractivity (Wildman–Crippen MR) is 80.2 cm³/mol. The van der Waals surface area contributed by atoms with Crippen molar-refractivity contribution in [2.75, 3.05) is 39.8 Å². The second-order valence-corrected chi connectivity index (χ2v) is 7.66. The van der Waals surface area contributed by atoms with Crippen LogP contribution in [0.25, 0.3) is 0 Å². The van der Waals surface area contributed by atoms with Gasteiger partial charge in [-0.15, -0.1) is 0 Å². The maximum Gasteiger partial charge on any atom is 0.236 e. The first-order valence-electron chi connectivity index (χ1n) is 7.30. The molecule has 4 nitrogen and oxygen atoms in total. The van der Waals surface area contributed by atoms with Gasteiger partial charge in [0.05, 0.1) is 6.54 Å². The zero-order valence-corrected chi connectivity index (χ0v) is 13.5. The van der Waals surface area contributed by atoms with Gasteiger partial charge in [-0.2, -0.15) is 0 Å². The molecule has 0 spiro atoms. The lowest BCUT2D eigenvalue weighted by Gasteiger charge is -2.36. The molecule has 1 rings (SSSR count). The van der Waals surface area contributed by atoms with E-state index in [9.17, 15) is 4.79 Å². The van der Waals surface area contributed by atoms with Crippen molar-refractivity contribution in [3.05, 3.63) is 0 Å². The summed E-state index contributed by atoms with van der Waals surface area (Å²) < 4.78 is 0. The lowest BCUT2D eigenvalue weighted by molar-refractivity contribution is -0.132. The zero-order valence-electron chi connectivity index (χ0n) is 13.5. The second kappa shape index (κ2) is 6.23. The first kappa shape index (κ1) is 16.4. The van der Waals surface area contributed by atoms with Gasteiger partial charge in [0.15, 0.2) is 0 Å². The van der Waals surface area contributed by atoms with Crippen LogP contribution in [0.5, 0.6) is 0 Å². The molecule has 0 aliphatic carbocycles. The van der Waals surface area contributed by atoms with Crippen molar-refractivity contribution in [1.29, 1.82) is 0 Å². The molecule has 1 N–H and O–H groups in total. The largest absolute Gasteiger partial charge is 0.339 e. The summed E-state index contributed by atoms with van der Waals surface area (Å²) in [5.41, 5.74) is 0.272. The Kier molecular flexibility index (Phi) is 5.39. The molecule has 1 heterocycles. The number of nitrogens with zero attached hydrogens (tertiary/aromatic N) is 2. The summed E-state index contributed by atoms with van der Waals surface area (Å²) in [5.74, 6) is 0.232. The molecule has 4 heteroatoms. The van der Waals surface area contributed by atoms with E-state index in [2.05, 4.69) is 51.9 Å². The van der Waals surface area contributed by atoms with Crippen LogP contribution in [0.15, 0.2) is 0 Å². The van der Waals surface area contributed by atoms with Crippen LogP contribution in [0, 0.1) is 5.41 Å². The first-order chi connectivity index (χ1) is 8.59. The normalized spacial score (nSPS) is 18.7. The minimum Gasteiger partial charge on any atom is -0.339 e. The number of hydrogen-bond donors (Lipinski definition) is 1. The van der Waals surface area contributed by atoms with Gasteiger partial charge in [-0.1, -0.05) is 20.8 Å². The summed E-state index contributed by atoms with van der Waals surface area (Å²) in [6, 6.07) is 0. The van der Waals surface area contributed by atoms with E-state index in [1.54, 1.807) is 0 Å². The van der Waals surface area contributed by atoms with Gasteiger partial charge < -0.3 is 15.1 Å². The van der Waals surface area contributed by atoms with Gasteiger partial charge in [-0.05, 0) is 32.7 Å². The van der Waals surface area contributed by atoms with Crippen molar-refractivity contribution in [3.63, 3.8) is 0 Å². The summed E-state index contributed by atoms with van der Waals surface area (Å²) >= 11 is 0. The Balaban J connectivity index is 2.37. The summed E-state index contributed by atoms with van der Waals surface area (Å²) in [5, 5.41) is 3.42. The Morgan fingerprint density at radius 1 is 1.05 bits per heavy atom. The lowest BCUT2D eigenvalue weighted by Crippen LogP contribution is -2.52. The van der Waals surface area contributed by atoms with E-state index in [0.29, 0.717) is 6.54 Å². The molecule has 0 aromatic heterocycles. The van der Waals surface area contributed by atoms with Gasteiger partial charge in [-0.25, -0.2) is 0 Å². The quantitative estimate of drug-likeness (QED) is 0.841. The number of carbonyl (C=O) groups is 1. The fourth-order valence-electron chi connectivity index (χ4n) is 2.87. The van der Waals surface area contributed by atoms with E-state index in [-0.39, 0.29) is 16.9 Å². The Morgan fingerprint density at radius 3 is 2.05 bits per heavy atom. The van der Waals surface area contributed by atoms with Crippen molar-refractivity contribution >= 4 is 5.91 Å². The smallest absolute Gasteiger partial charge is 0.236 e. The highest BCUT2D eigenvalue weighted by Crippen LogP contribution is 2.26. The topological polar surface area (TPSA) is 35.6 Å². The predicted octanol–water partition coefficient (Wildman–Crippen LogP) is 1.56. The van der Waals surface area contributed by atoms with Crippen molar-refractivity contribution in [2.45, 2.75) is 46.6 Å². The average molecular weight is 269 g/mol. The van der Waals surface area contributed by atoms with Crippen LogP contribution in [-0.2, 0) is 4.79 Å². The highest BCUT2D eigenvalue weighted by atomic mass is 16.2. The van der Waals surface area contributed by atoms with Gasteiger partial charge >= 0.3 is 0 Å². The molecule has 1 fully saturated rings. The van der Waals surface area contributed by atoms with Crippen molar-refractivity contribution in [2.24, 2.45) is 5.41 Å². The van der Waals surface area contributed by atoms with Crippen LogP contribution >= 0.6 is 0 Å². The molecular weight excluding hydrogens is 238 g/mol. The first-order valence-corrected chi connectivity index (χ1v) is 7.30. The minimum atomic E-state index is 0.000485. The molecule has 0 saturated carbocycles. The number of nitrogens with one attached hydrogen (secondary N) is 1. The third-order valence-electron chi connectivity index (χ3n) is 3.55. The summed E-state index contributed by atoms with van der Waals surface area (Å²) in [4.78, 5) is 16.4. The lowest BCUT2D eigenvalue weighted by atomic mass is 9.82. The Morgan fingerprint density at radius 2 is 1.58 bits per heavy atom. The molecule has 1 saturated heterocycles. The number of likely N-dealkylation sites (N-methyl/N-ethyl adjacent to an activating group) is 1. The van der Waals surface area contributed by atoms with E-state index in [1.807, 2.05) is 4.90 Å². The summed E-state index contributed by atoms with van der Waals surface area (Å²) in [6.07, 6.45) is 1.05. The molecule has 0 atom stereocenters. The molecule has 0 aromatic rings. The van der Waals surface area contributed by atoms with E-state index in [0.717, 1.165) is 32.6 Å².